The van der Waals surface area contributed by atoms with Gasteiger partial charge in [-0.15, -0.1) is 0 Å². The zero-order valence-electron chi connectivity index (χ0n) is 18.4. The van der Waals surface area contributed by atoms with Gasteiger partial charge in [0.25, 0.3) is 0 Å². The Bertz CT molecular complexity index is 1110. The van der Waals surface area contributed by atoms with Crippen molar-refractivity contribution in [2.75, 3.05) is 50.7 Å². The summed E-state index contributed by atoms with van der Waals surface area (Å²) in [6.45, 7) is 3.08. The molecule has 1 fully saturated rings. The molecule has 0 atom stereocenters. The van der Waals surface area contributed by atoms with Crippen molar-refractivity contribution in [1.82, 2.24) is 10.4 Å². The summed E-state index contributed by atoms with van der Waals surface area (Å²) >= 11 is 6.99. The van der Waals surface area contributed by atoms with Crippen molar-refractivity contribution in [3.05, 3.63) is 53.4 Å². The average Bonchev–Trinajstić information content (AvgIpc) is 3.29. The first kappa shape index (κ1) is 23.0. The Morgan fingerprint density at radius 2 is 1.88 bits per heavy atom. The third kappa shape index (κ3) is 5.78. The molecule has 2 aromatic carbocycles. The fourth-order valence-electron chi connectivity index (χ4n) is 3.32. The minimum Gasteiger partial charge on any atom is -0.493 e. The summed E-state index contributed by atoms with van der Waals surface area (Å²) in [4.78, 5) is 8.09. The first-order chi connectivity index (χ1) is 16.2. The maximum Gasteiger partial charge on any atom is 0.191 e. The number of aromatic nitrogens is 1. The molecule has 0 spiro atoms. The number of rotatable bonds is 7. The van der Waals surface area contributed by atoms with E-state index in [9.17, 15) is 0 Å². The van der Waals surface area contributed by atoms with E-state index >= 15 is 0 Å². The zero-order chi connectivity index (χ0) is 23.0. The molecule has 2 N–H and O–H groups in total. The summed E-state index contributed by atoms with van der Waals surface area (Å²) in [5.41, 5.74) is 5.58. The largest absolute Gasteiger partial charge is 0.493 e. The van der Waals surface area contributed by atoms with E-state index < -0.39 is 0 Å². The lowest BCUT2D eigenvalue weighted by atomic mass is 10.1. The maximum absolute atomic E-state index is 5.47. The number of benzene rings is 2. The number of morpholine rings is 1. The highest BCUT2D eigenvalue weighted by atomic mass is 32.1. The Kier molecular flexibility index (Phi) is 7.71. The van der Waals surface area contributed by atoms with Gasteiger partial charge in [0.05, 0.1) is 44.2 Å². The van der Waals surface area contributed by atoms with Gasteiger partial charge >= 0.3 is 0 Å². The van der Waals surface area contributed by atoms with Gasteiger partial charge in [-0.05, 0) is 24.4 Å². The molecule has 0 saturated carbocycles. The van der Waals surface area contributed by atoms with Crippen molar-refractivity contribution in [3.63, 3.8) is 0 Å². The van der Waals surface area contributed by atoms with E-state index in [1.807, 2.05) is 48.5 Å². The van der Waals surface area contributed by atoms with E-state index in [4.69, 9.17) is 31.4 Å². The van der Waals surface area contributed by atoms with Gasteiger partial charge in [-0.2, -0.15) is 5.10 Å². The van der Waals surface area contributed by atoms with Crippen molar-refractivity contribution in [1.29, 1.82) is 0 Å². The normalized spacial score (nSPS) is 13.7. The zero-order valence-corrected chi connectivity index (χ0v) is 20.0. The molecule has 33 heavy (non-hydrogen) atoms. The molecule has 0 unspecified atom stereocenters. The second kappa shape index (κ2) is 11.1. The molecule has 10 heteroatoms. The van der Waals surface area contributed by atoms with Gasteiger partial charge < -0.3 is 24.4 Å². The molecule has 3 aromatic rings. The van der Waals surface area contributed by atoms with Crippen LogP contribution < -0.4 is 25.1 Å². The predicted molar refractivity (Wildman–Crippen MR) is 137 cm³/mol. The summed E-state index contributed by atoms with van der Waals surface area (Å²) < 4.78 is 16.1. The molecule has 2 heterocycles. The smallest absolute Gasteiger partial charge is 0.191 e. The van der Waals surface area contributed by atoms with Gasteiger partial charge in [0.2, 0.25) is 0 Å². The molecular weight excluding hydrogens is 458 g/mol. The third-order valence-electron chi connectivity index (χ3n) is 4.96. The standard InChI is InChI=1S/C23H25N5O3S2/c1-29-18-9-8-17(14-19(18)30-2)25-22(32)27-24-15-20-21(16-6-4-3-5-7-16)26-23(33-20)28-10-12-31-13-11-28/h3-9,14-15H,10-13H2,1-2H3,(H2,25,27,32)/b24-15+. The molecule has 1 aromatic heterocycles. The van der Waals surface area contributed by atoms with Crippen LogP contribution in [0.1, 0.15) is 4.88 Å². The molecular formula is C23H25N5O3S2. The van der Waals surface area contributed by atoms with Crippen LogP contribution in [0.2, 0.25) is 0 Å². The topological polar surface area (TPSA) is 80.2 Å². The van der Waals surface area contributed by atoms with Crippen molar-refractivity contribution in [3.8, 4) is 22.8 Å². The summed E-state index contributed by atoms with van der Waals surface area (Å²) in [6, 6.07) is 15.6. The molecule has 0 radical (unpaired) electrons. The lowest BCUT2D eigenvalue weighted by Gasteiger charge is -2.26. The fraction of sp³-hybridized carbons (Fsp3) is 0.261. The molecule has 0 bridgehead atoms. The van der Waals surface area contributed by atoms with Gasteiger partial charge in [-0.3, -0.25) is 5.43 Å². The second-order valence-electron chi connectivity index (χ2n) is 7.07. The Morgan fingerprint density at radius 3 is 2.61 bits per heavy atom. The molecule has 1 aliphatic heterocycles. The summed E-state index contributed by atoms with van der Waals surface area (Å²) in [5.74, 6) is 1.26. The average molecular weight is 484 g/mol. The van der Waals surface area contributed by atoms with Crippen LogP contribution >= 0.6 is 23.6 Å². The first-order valence-electron chi connectivity index (χ1n) is 10.4. The number of hydrogen-bond acceptors (Lipinski definition) is 8. The minimum atomic E-state index is 0.359. The summed E-state index contributed by atoms with van der Waals surface area (Å²) in [5, 5.41) is 8.77. The number of methoxy groups -OCH3 is 2. The predicted octanol–water partition coefficient (Wildman–Crippen LogP) is 3.98. The van der Waals surface area contributed by atoms with Gasteiger partial charge in [0, 0.05) is 30.4 Å². The van der Waals surface area contributed by atoms with Gasteiger partial charge in [-0.25, -0.2) is 4.98 Å². The van der Waals surface area contributed by atoms with Crippen molar-refractivity contribution in [2.45, 2.75) is 0 Å². The Labute approximate surface area is 202 Å². The molecule has 1 aliphatic rings. The number of nitrogens with zero attached hydrogens (tertiary/aromatic N) is 3. The highest BCUT2D eigenvalue weighted by Gasteiger charge is 2.18. The number of anilines is 2. The van der Waals surface area contributed by atoms with Crippen LogP contribution in [-0.2, 0) is 4.74 Å². The fourth-order valence-corrected chi connectivity index (χ4v) is 4.50. The van der Waals surface area contributed by atoms with Gasteiger partial charge in [0.1, 0.15) is 0 Å². The molecule has 8 nitrogen and oxygen atoms in total. The SMILES string of the molecule is COc1ccc(NC(=S)N/N=C/c2sc(N3CCOCC3)nc2-c2ccccc2)cc1OC. The Balaban J connectivity index is 1.47. The first-order valence-corrected chi connectivity index (χ1v) is 11.6. The van der Waals surface area contributed by atoms with Crippen molar-refractivity contribution in [2.24, 2.45) is 5.10 Å². The minimum absolute atomic E-state index is 0.359. The molecule has 1 saturated heterocycles. The number of hydrogen-bond donors (Lipinski definition) is 2. The highest BCUT2D eigenvalue weighted by molar-refractivity contribution is 7.80. The number of ether oxygens (including phenoxy) is 3. The monoisotopic (exact) mass is 483 g/mol. The molecule has 0 amide bonds. The van der Waals surface area contributed by atoms with E-state index in [0.29, 0.717) is 29.8 Å². The second-order valence-corrected chi connectivity index (χ2v) is 8.49. The number of thiocarbonyl (C=S) groups is 1. The molecule has 0 aliphatic carbocycles. The Hall–Kier alpha value is -3.21. The van der Waals surface area contributed by atoms with E-state index in [0.717, 1.165) is 40.0 Å². The lowest BCUT2D eigenvalue weighted by molar-refractivity contribution is 0.122. The van der Waals surface area contributed by atoms with Crippen molar-refractivity contribution >= 4 is 45.7 Å². The summed E-state index contributed by atoms with van der Waals surface area (Å²) in [6.07, 6.45) is 1.76. The molecule has 4 rings (SSSR count). The number of hydrazone groups is 1. The van der Waals surface area contributed by atoms with Crippen LogP contribution in [0, 0.1) is 0 Å². The molecule has 172 valence electrons. The van der Waals surface area contributed by atoms with Crippen LogP contribution in [0.25, 0.3) is 11.3 Å². The third-order valence-corrected chi connectivity index (χ3v) is 6.20. The number of thiazole rings is 1. The van der Waals surface area contributed by atoms with E-state index in [1.54, 1.807) is 31.8 Å². The van der Waals surface area contributed by atoms with E-state index in [-0.39, 0.29) is 0 Å². The summed E-state index contributed by atoms with van der Waals surface area (Å²) in [7, 11) is 3.19. The Morgan fingerprint density at radius 1 is 1.12 bits per heavy atom. The maximum atomic E-state index is 5.47. The lowest BCUT2D eigenvalue weighted by Crippen LogP contribution is -2.36. The van der Waals surface area contributed by atoms with Crippen LogP contribution in [0.4, 0.5) is 10.8 Å². The van der Waals surface area contributed by atoms with Gasteiger partial charge in [0.15, 0.2) is 21.7 Å². The van der Waals surface area contributed by atoms with Crippen molar-refractivity contribution < 1.29 is 14.2 Å². The van der Waals surface area contributed by atoms with E-state index in [2.05, 4.69) is 20.7 Å². The van der Waals surface area contributed by atoms with Crippen LogP contribution in [0.15, 0.2) is 53.6 Å². The quantitative estimate of drug-likeness (QED) is 0.297. The van der Waals surface area contributed by atoms with Crippen LogP contribution in [-0.4, -0.2) is 56.8 Å². The van der Waals surface area contributed by atoms with Gasteiger partial charge in [-0.1, -0.05) is 41.7 Å². The van der Waals surface area contributed by atoms with Crippen LogP contribution in [0.3, 0.4) is 0 Å². The van der Waals surface area contributed by atoms with Crippen LogP contribution in [0.5, 0.6) is 11.5 Å². The number of nitrogens with one attached hydrogen (secondary N) is 2. The van der Waals surface area contributed by atoms with E-state index in [1.165, 1.54) is 0 Å². The highest BCUT2D eigenvalue weighted by Crippen LogP contribution is 2.32.